The molecule has 3 aromatic carbocycles. The van der Waals surface area contributed by atoms with Crippen LogP contribution in [-0.4, -0.2) is 45.9 Å². The Morgan fingerprint density at radius 1 is 0.721 bits per heavy atom. The number of nitrogens with two attached hydrogens (primary N) is 1. The number of hydrogen-bond donors (Lipinski definition) is 5. The van der Waals surface area contributed by atoms with Gasteiger partial charge in [-0.25, -0.2) is 4.79 Å². The van der Waals surface area contributed by atoms with Crippen molar-refractivity contribution in [1.82, 2.24) is 20.6 Å². The Bertz CT molecular complexity index is 1710. The number of ether oxygens (including phenoxy) is 1. The number of hydrogen-bond acceptors (Lipinski definition) is 5. The highest BCUT2D eigenvalue weighted by atomic mass is 16.5. The number of benzene rings is 3. The SMILES string of the molecule is CC(C)[C@H](N)C(=O)N[C@@H](Cc1c[nH]c2ccccc12)C(=O)N[C@@H](Cc1c[nH]c2ccccc12)C(=O)OCc1ccccc1. The first-order valence-electron chi connectivity index (χ1n) is 14.5. The third-order valence-electron chi connectivity index (χ3n) is 7.68. The van der Waals surface area contributed by atoms with Crippen molar-refractivity contribution in [2.45, 2.75) is 51.4 Å². The smallest absolute Gasteiger partial charge is 0.329 e. The monoisotopic (exact) mass is 579 g/mol. The number of carbonyl (C=O) groups is 3. The molecule has 6 N–H and O–H groups in total. The average Bonchev–Trinajstić information content (AvgIpc) is 3.63. The molecule has 0 spiro atoms. The van der Waals surface area contributed by atoms with Crippen LogP contribution >= 0.6 is 0 Å². The van der Waals surface area contributed by atoms with Crippen LogP contribution in [0.4, 0.5) is 0 Å². The summed E-state index contributed by atoms with van der Waals surface area (Å²) in [5.41, 5.74) is 10.5. The summed E-state index contributed by atoms with van der Waals surface area (Å²) < 4.78 is 5.67. The minimum absolute atomic E-state index is 0.0681. The summed E-state index contributed by atoms with van der Waals surface area (Å²) in [4.78, 5) is 46.9. The molecule has 0 radical (unpaired) electrons. The molecule has 3 atom stereocenters. The van der Waals surface area contributed by atoms with Crippen molar-refractivity contribution in [3.05, 3.63) is 108 Å². The van der Waals surface area contributed by atoms with Crippen LogP contribution in [-0.2, 0) is 38.6 Å². The van der Waals surface area contributed by atoms with Gasteiger partial charge in [-0.2, -0.15) is 0 Å². The van der Waals surface area contributed by atoms with E-state index in [4.69, 9.17) is 10.5 Å². The first-order chi connectivity index (χ1) is 20.8. The van der Waals surface area contributed by atoms with Gasteiger partial charge in [0.25, 0.3) is 0 Å². The van der Waals surface area contributed by atoms with Crippen LogP contribution in [0.2, 0.25) is 0 Å². The van der Waals surface area contributed by atoms with E-state index in [2.05, 4.69) is 20.6 Å². The van der Waals surface area contributed by atoms with Crippen LogP contribution in [0.3, 0.4) is 0 Å². The van der Waals surface area contributed by atoms with E-state index in [1.54, 1.807) is 0 Å². The van der Waals surface area contributed by atoms with Crippen LogP contribution in [0, 0.1) is 5.92 Å². The predicted molar refractivity (Wildman–Crippen MR) is 167 cm³/mol. The topological polar surface area (TPSA) is 142 Å². The highest BCUT2D eigenvalue weighted by Gasteiger charge is 2.31. The Labute approximate surface area is 250 Å². The molecule has 43 heavy (non-hydrogen) atoms. The molecule has 0 saturated carbocycles. The van der Waals surface area contributed by atoms with Crippen LogP contribution in [0.5, 0.6) is 0 Å². The van der Waals surface area contributed by atoms with Crippen molar-refractivity contribution in [3.8, 4) is 0 Å². The van der Waals surface area contributed by atoms with Crippen molar-refractivity contribution in [3.63, 3.8) is 0 Å². The molecule has 0 unspecified atom stereocenters. The van der Waals surface area contributed by atoms with Gasteiger partial charge in [0.15, 0.2) is 0 Å². The quantitative estimate of drug-likeness (QED) is 0.141. The molecule has 0 bridgehead atoms. The lowest BCUT2D eigenvalue weighted by Gasteiger charge is -2.24. The summed E-state index contributed by atoms with van der Waals surface area (Å²) >= 11 is 0. The lowest BCUT2D eigenvalue weighted by Crippen LogP contribution is -2.56. The Morgan fingerprint density at radius 2 is 1.23 bits per heavy atom. The lowest BCUT2D eigenvalue weighted by molar-refractivity contribution is -0.149. The predicted octanol–water partition coefficient (Wildman–Crippen LogP) is 4.13. The second-order valence-electron chi connectivity index (χ2n) is 11.1. The van der Waals surface area contributed by atoms with Crippen LogP contribution in [0.15, 0.2) is 91.3 Å². The molecule has 2 heterocycles. The maximum Gasteiger partial charge on any atom is 0.329 e. The van der Waals surface area contributed by atoms with Gasteiger partial charge in [0, 0.05) is 47.0 Å². The molecule has 9 nitrogen and oxygen atoms in total. The van der Waals surface area contributed by atoms with Gasteiger partial charge in [-0.05, 0) is 34.7 Å². The minimum atomic E-state index is -1.00. The Balaban J connectivity index is 1.41. The number of esters is 1. The zero-order chi connectivity index (χ0) is 30.3. The number of nitrogens with one attached hydrogen (secondary N) is 4. The molecule has 0 aliphatic rings. The molecule has 2 amide bonds. The molecule has 0 saturated heterocycles. The third-order valence-corrected chi connectivity index (χ3v) is 7.68. The minimum Gasteiger partial charge on any atom is -0.459 e. The number of para-hydroxylation sites is 2. The largest absolute Gasteiger partial charge is 0.459 e. The molecule has 0 aliphatic carbocycles. The fraction of sp³-hybridized carbons (Fsp3) is 0.265. The fourth-order valence-electron chi connectivity index (χ4n) is 5.12. The van der Waals surface area contributed by atoms with Crippen LogP contribution in [0.1, 0.15) is 30.5 Å². The van der Waals surface area contributed by atoms with E-state index >= 15 is 0 Å². The number of aromatic amines is 2. The van der Waals surface area contributed by atoms with E-state index in [0.29, 0.717) is 0 Å². The summed E-state index contributed by atoms with van der Waals surface area (Å²) in [6.07, 6.45) is 4.06. The van der Waals surface area contributed by atoms with E-state index in [9.17, 15) is 14.4 Å². The van der Waals surface area contributed by atoms with Gasteiger partial charge >= 0.3 is 5.97 Å². The molecular weight excluding hydrogens is 542 g/mol. The van der Waals surface area contributed by atoms with Crippen LogP contribution < -0.4 is 16.4 Å². The summed E-state index contributed by atoms with van der Waals surface area (Å²) in [5, 5.41) is 7.63. The number of H-pyrrole nitrogens is 2. The van der Waals surface area contributed by atoms with Gasteiger partial charge in [0.2, 0.25) is 11.8 Å². The number of carbonyl (C=O) groups excluding carboxylic acids is 3. The number of amides is 2. The van der Waals surface area contributed by atoms with Crippen molar-refractivity contribution >= 4 is 39.6 Å². The summed E-state index contributed by atoms with van der Waals surface area (Å²) in [6.45, 7) is 3.76. The van der Waals surface area contributed by atoms with Crippen molar-refractivity contribution < 1.29 is 19.1 Å². The Kier molecular flexibility index (Phi) is 9.22. The third kappa shape index (κ3) is 7.13. The molecule has 0 fully saturated rings. The number of rotatable bonds is 12. The van der Waals surface area contributed by atoms with Gasteiger partial charge in [0.1, 0.15) is 18.7 Å². The van der Waals surface area contributed by atoms with E-state index in [1.165, 1.54) is 0 Å². The van der Waals surface area contributed by atoms with E-state index in [-0.39, 0.29) is 25.4 Å². The maximum absolute atomic E-state index is 13.9. The molecular formula is C34H37N5O4. The first-order valence-corrected chi connectivity index (χ1v) is 14.5. The van der Waals surface area contributed by atoms with Gasteiger partial charge in [0.05, 0.1) is 6.04 Å². The lowest BCUT2D eigenvalue weighted by atomic mass is 10.0. The van der Waals surface area contributed by atoms with E-state index < -0.39 is 35.9 Å². The highest BCUT2D eigenvalue weighted by molar-refractivity contribution is 5.93. The molecule has 2 aromatic heterocycles. The standard InChI is InChI=1S/C34H37N5O4/c1-21(2)31(35)33(41)38-29(16-23-18-36-27-14-8-6-12-25(23)27)32(40)39-30(34(42)43-20-22-10-4-3-5-11-22)17-24-19-37-28-15-9-7-13-26(24)28/h3-15,18-19,21,29-31,36-37H,16-17,20,35H2,1-2H3,(H,38,41)(H,39,40)/t29-,30-,31-/m0/s1. The van der Waals surface area contributed by atoms with Crippen LogP contribution in [0.25, 0.3) is 21.8 Å². The van der Waals surface area contributed by atoms with Gasteiger partial charge < -0.3 is 31.1 Å². The second kappa shape index (κ2) is 13.4. The number of fused-ring (bicyclic) bond motifs is 2. The van der Waals surface area contributed by atoms with E-state index in [0.717, 1.165) is 38.5 Å². The Morgan fingerprint density at radius 3 is 1.81 bits per heavy atom. The fourth-order valence-corrected chi connectivity index (χ4v) is 5.12. The van der Waals surface area contributed by atoms with Gasteiger partial charge in [-0.3, -0.25) is 9.59 Å². The molecule has 5 rings (SSSR count). The summed E-state index contributed by atoms with van der Waals surface area (Å²) in [7, 11) is 0. The molecule has 222 valence electrons. The Hall–Kier alpha value is -4.89. The second-order valence-corrected chi connectivity index (χ2v) is 11.1. The van der Waals surface area contributed by atoms with E-state index in [1.807, 2.05) is 105 Å². The molecule has 5 aromatic rings. The average molecular weight is 580 g/mol. The molecule has 9 heteroatoms. The summed E-state index contributed by atoms with van der Waals surface area (Å²) in [6, 6.07) is 22.1. The molecule has 0 aliphatic heterocycles. The van der Waals surface area contributed by atoms with Crippen molar-refractivity contribution in [2.75, 3.05) is 0 Å². The van der Waals surface area contributed by atoms with Gasteiger partial charge in [-0.1, -0.05) is 80.6 Å². The van der Waals surface area contributed by atoms with Crippen molar-refractivity contribution in [1.29, 1.82) is 0 Å². The normalized spacial score (nSPS) is 13.5. The highest BCUT2D eigenvalue weighted by Crippen LogP contribution is 2.21. The maximum atomic E-state index is 13.9. The first kappa shape index (κ1) is 29.6. The number of aromatic nitrogens is 2. The zero-order valence-corrected chi connectivity index (χ0v) is 24.3. The van der Waals surface area contributed by atoms with Gasteiger partial charge in [-0.15, -0.1) is 0 Å². The zero-order valence-electron chi connectivity index (χ0n) is 24.3. The summed E-state index contributed by atoms with van der Waals surface area (Å²) in [5.74, 6) is -1.64. The van der Waals surface area contributed by atoms with Crippen molar-refractivity contribution in [2.24, 2.45) is 11.7 Å².